The summed E-state index contributed by atoms with van der Waals surface area (Å²) in [6.07, 6.45) is 20.5. The van der Waals surface area contributed by atoms with Crippen molar-refractivity contribution >= 4 is 6.21 Å². The van der Waals surface area contributed by atoms with Gasteiger partial charge in [-0.3, -0.25) is 0 Å². The summed E-state index contributed by atoms with van der Waals surface area (Å²) < 4.78 is 42.8. The van der Waals surface area contributed by atoms with Crippen molar-refractivity contribution in [1.29, 1.82) is 0 Å². The van der Waals surface area contributed by atoms with Crippen molar-refractivity contribution in [3.05, 3.63) is 47.5 Å². The highest BCUT2D eigenvalue weighted by atomic mass is 19.2. The normalized spacial score (nSPS) is 20.4. The van der Waals surface area contributed by atoms with Gasteiger partial charge in [0.25, 0.3) is 5.88 Å². The number of hydrogen-bond acceptors (Lipinski definition) is 4. The molecule has 1 unspecified atom stereocenters. The Balaban J connectivity index is 1.48. The highest BCUT2D eigenvalue weighted by molar-refractivity contribution is 5.78. The molecular weight excluding hydrogens is 458 g/mol. The first-order chi connectivity index (χ1) is 17.6. The van der Waals surface area contributed by atoms with E-state index in [-0.39, 0.29) is 22.3 Å². The molecule has 1 aromatic carbocycles. The molecule has 0 saturated heterocycles. The Morgan fingerprint density at radius 1 is 0.861 bits per heavy atom. The highest BCUT2D eigenvalue weighted by Gasteiger charge is 2.46. The summed E-state index contributed by atoms with van der Waals surface area (Å²) >= 11 is 0. The Morgan fingerprint density at radius 3 is 2.17 bits per heavy atom. The van der Waals surface area contributed by atoms with E-state index in [9.17, 15) is 0 Å². The van der Waals surface area contributed by atoms with Crippen LogP contribution in [0.3, 0.4) is 0 Å². The SMILES string of the molecule is CCCCCCCCOC1=C(OCCCCCCCC2CCCC2)N(F)C(F)(c2ccccc2)N=C1. The summed E-state index contributed by atoms with van der Waals surface area (Å²) in [5.41, 5.74) is 0.113. The van der Waals surface area contributed by atoms with Crippen LogP contribution in [-0.2, 0) is 15.4 Å². The average Bonchev–Trinajstić information content (AvgIpc) is 3.42. The van der Waals surface area contributed by atoms with E-state index in [1.807, 2.05) is 0 Å². The molecule has 0 bridgehead atoms. The molecule has 3 rings (SSSR count). The third-order valence-electron chi connectivity index (χ3n) is 7.37. The van der Waals surface area contributed by atoms with Crippen LogP contribution in [0.2, 0.25) is 0 Å². The lowest BCUT2D eigenvalue weighted by Crippen LogP contribution is -2.39. The third-order valence-corrected chi connectivity index (χ3v) is 7.37. The number of hydrogen-bond donors (Lipinski definition) is 0. The van der Waals surface area contributed by atoms with E-state index in [1.54, 1.807) is 18.2 Å². The van der Waals surface area contributed by atoms with Crippen LogP contribution in [-0.4, -0.2) is 24.6 Å². The van der Waals surface area contributed by atoms with Crippen LogP contribution in [0.1, 0.15) is 115 Å². The molecule has 2 aliphatic rings. The molecule has 0 aromatic heterocycles. The molecule has 0 spiro atoms. The monoisotopic (exact) mass is 504 g/mol. The predicted octanol–water partition coefficient (Wildman–Crippen LogP) is 9.13. The predicted molar refractivity (Wildman–Crippen MR) is 143 cm³/mol. The molecule has 1 fully saturated rings. The van der Waals surface area contributed by atoms with Gasteiger partial charge in [-0.25, -0.2) is 4.99 Å². The molecule has 1 aromatic rings. The number of halogens is 2. The minimum atomic E-state index is -2.66. The minimum absolute atomic E-state index is 0.0134. The Labute approximate surface area is 217 Å². The number of benzene rings is 1. The van der Waals surface area contributed by atoms with Gasteiger partial charge in [0.1, 0.15) is 0 Å². The van der Waals surface area contributed by atoms with Gasteiger partial charge in [-0.15, -0.1) is 5.12 Å². The topological polar surface area (TPSA) is 34.1 Å². The molecule has 1 heterocycles. The van der Waals surface area contributed by atoms with E-state index in [4.69, 9.17) is 9.47 Å². The number of unbranched alkanes of at least 4 members (excludes halogenated alkanes) is 9. The number of allylic oxidation sites excluding steroid dienone is 1. The first-order valence-electron chi connectivity index (χ1n) is 14.4. The zero-order chi connectivity index (χ0) is 25.5. The van der Waals surface area contributed by atoms with E-state index >= 15 is 8.87 Å². The smallest absolute Gasteiger partial charge is 0.333 e. The van der Waals surface area contributed by atoms with Crippen LogP contribution in [0, 0.1) is 5.92 Å². The highest BCUT2D eigenvalue weighted by Crippen LogP contribution is 2.39. The molecule has 0 N–H and O–H groups in total. The van der Waals surface area contributed by atoms with Crippen molar-refractivity contribution in [2.45, 2.75) is 116 Å². The van der Waals surface area contributed by atoms with Crippen LogP contribution in [0.15, 0.2) is 47.0 Å². The number of rotatable bonds is 18. The van der Waals surface area contributed by atoms with Crippen molar-refractivity contribution in [3.63, 3.8) is 0 Å². The number of nitrogens with zero attached hydrogens (tertiary/aromatic N) is 2. The van der Waals surface area contributed by atoms with Crippen molar-refractivity contribution < 1.29 is 18.3 Å². The molecule has 1 saturated carbocycles. The van der Waals surface area contributed by atoms with Gasteiger partial charge in [-0.05, 0) is 18.8 Å². The molecule has 0 amide bonds. The van der Waals surface area contributed by atoms with Gasteiger partial charge < -0.3 is 9.47 Å². The fourth-order valence-corrected chi connectivity index (χ4v) is 5.14. The summed E-state index contributed by atoms with van der Waals surface area (Å²) in [5.74, 6) is -1.77. The first-order valence-corrected chi connectivity index (χ1v) is 14.4. The maximum Gasteiger partial charge on any atom is 0.333 e. The van der Waals surface area contributed by atoms with Crippen molar-refractivity contribution in [2.75, 3.05) is 13.2 Å². The van der Waals surface area contributed by atoms with Gasteiger partial charge in [0.05, 0.1) is 19.4 Å². The Kier molecular flexibility index (Phi) is 12.6. The fourth-order valence-electron chi connectivity index (χ4n) is 5.14. The lowest BCUT2D eigenvalue weighted by molar-refractivity contribution is -0.174. The molecule has 0 radical (unpaired) electrons. The van der Waals surface area contributed by atoms with E-state index in [2.05, 4.69) is 11.9 Å². The van der Waals surface area contributed by atoms with Crippen molar-refractivity contribution in [1.82, 2.24) is 5.12 Å². The lowest BCUT2D eigenvalue weighted by Gasteiger charge is -2.33. The van der Waals surface area contributed by atoms with Gasteiger partial charge in [-0.1, -0.05) is 132 Å². The first kappa shape index (κ1) is 28.5. The van der Waals surface area contributed by atoms with Crippen LogP contribution < -0.4 is 0 Å². The quantitative estimate of drug-likeness (QED) is 0.114. The molecule has 36 heavy (non-hydrogen) atoms. The maximum absolute atomic E-state index is 15.7. The van der Waals surface area contributed by atoms with E-state index in [0.29, 0.717) is 13.2 Å². The molecule has 1 aliphatic heterocycles. The minimum Gasteiger partial charge on any atom is -0.487 e. The average molecular weight is 505 g/mol. The van der Waals surface area contributed by atoms with Gasteiger partial charge in [0, 0.05) is 5.56 Å². The Hall–Kier alpha value is -2.11. The summed E-state index contributed by atoms with van der Waals surface area (Å²) in [4.78, 5) is 3.89. The zero-order valence-corrected chi connectivity index (χ0v) is 22.2. The van der Waals surface area contributed by atoms with E-state index < -0.39 is 5.92 Å². The summed E-state index contributed by atoms with van der Waals surface area (Å²) in [6.45, 7) is 2.95. The second kappa shape index (κ2) is 15.9. The number of aliphatic imine (C=N–C) groups is 1. The zero-order valence-electron chi connectivity index (χ0n) is 22.2. The molecule has 4 nitrogen and oxygen atoms in total. The van der Waals surface area contributed by atoms with Crippen LogP contribution in [0.25, 0.3) is 0 Å². The largest absolute Gasteiger partial charge is 0.487 e. The van der Waals surface area contributed by atoms with Crippen molar-refractivity contribution in [2.24, 2.45) is 10.9 Å². The van der Waals surface area contributed by atoms with Gasteiger partial charge >= 0.3 is 5.92 Å². The van der Waals surface area contributed by atoms with Gasteiger partial charge in [-0.2, -0.15) is 4.39 Å². The molecule has 1 aliphatic carbocycles. The second-order valence-corrected chi connectivity index (χ2v) is 10.3. The van der Waals surface area contributed by atoms with E-state index in [0.717, 1.165) is 44.4 Å². The Bertz CT molecular complexity index is 795. The van der Waals surface area contributed by atoms with Gasteiger partial charge in [0.15, 0.2) is 5.76 Å². The van der Waals surface area contributed by atoms with Crippen LogP contribution in [0.5, 0.6) is 0 Å². The summed E-state index contributed by atoms with van der Waals surface area (Å²) in [5, 5.41) is -0.0134. The lowest BCUT2D eigenvalue weighted by atomic mass is 9.99. The molecule has 6 heteroatoms. The van der Waals surface area contributed by atoms with Crippen LogP contribution in [0.4, 0.5) is 8.87 Å². The van der Waals surface area contributed by atoms with Crippen molar-refractivity contribution in [3.8, 4) is 0 Å². The number of alkyl halides is 1. The fraction of sp³-hybridized carbons (Fsp3) is 0.700. The maximum atomic E-state index is 15.7. The van der Waals surface area contributed by atoms with Crippen LogP contribution >= 0.6 is 0 Å². The standard InChI is InChI=1S/C30H46F2N2O2/c1-2-3-4-5-8-16-23-35-28-25-33-30(31,27-21-12-10-13-22-27)34(32)29(28)36-24-17-9-6-7-11-18-26-19-14-15-20-26/h10,12-13,21-22,25-26H,2-9,11,14-20,23-24H2,1H3. The summed E-state index contributed by atoms with van der Waals surface area (Å²) in [7, 11) is 0. The molecule has 202 valence electrons. The van der Waals surface area contributed by atoms with Gasteiger partial charge in [0.2, 0.25) is 0 Å². The number of ether oxygens (including phenoxy) is 2. The Morgan fingerprint density at radius 2 is 1.47 bits per heavy atom. The third kappa shape index (κ3) is 8.77. The second-order valence-electron chi connectivity index (χ2n) is 10.3. The summed E-state index contributed by atoms with van der Waals surface area (Å²) in [6, 6.07) is 8.14. The molecule has 1 atom stereocenters. The molecular formula is C30H46F2N2O2. The van der Waals surface area contributed by atoms with E-state index in [1.165, 1.54) is 82.6 Å².